The number of hydrogen-bond donors (Lipinski definition) is 0. The fourth-order valence-electron chi connectivity index (χ4n) is 8.45. The maximum absolute atomic E-state index is 7.59. The average Bonchev–Trinajstić information content (AvgIpc) is 3.31. The first-order chi connectivity index (χ1) is 28.8. The maximum Gasteiger partial charge on any atom is 0.185 e. The van der Waals surface area contributed by atoms with Gasteiger partial charge in [0.1, 0.15) is 5.75 Å². The Morgan fingerprint density at radius 3 is 1.38 bits per heavy atom. The van der Waals surface area contributed by atoms with Gasteiger partial charge in [0, 0.05) is 62.3 Å². The normalized spacial score (nSPS) is 14.1. The molecule has 1 aliphatic heterocycles. The molecule has 0 aromatic heterocycles. The molecule has 0 radical (unpaired) electrons. The lowest BCUT2D eigenvalue weighted by Crippen LogP contribution is -2.38. The number of anilines is 6. The summed E-state index contributed by atoms with van der Waals surface area (Å²) in [5.41, 5.74) is 13.2. The first-order valence-electron chi connectivity index (χ1n) is 19.8. The molecule has 0 aliphatic carbocycles. The standard InChI is InChI=1S/C55H40N2O/c1-6-20-41(21-7-1)49-30-17-19-33-53(49)57(46-28-14-5-15-29-46)47-36-34-43(35-37-47)55(42-22-8-2-9-23-42)52-32-18-16-31-50(52)51-39-38-48(40-54(51)58-55)56(44-24-10-3-11-25-44)45-26-12-4-13-27-45/h1-40H. The Morgan fingerprint density at radius 1 is 0.310 bits per heavy atom. The van der Waals surface area contributed by atoms with Crippen LogP contribution in [0, 0.1) is 0 Å². The lowest BCUT2D eigenvalue weighted by Gasteiger charge is -2.42. The Morgan fingerprint density at radius 2 is 0.759 bits per heavy atom. The smallest absolute Gasteiger partial charge is 0.185 e. The number of benzene rings is 9. The van der Waals surface area contributed by atoms with Crippen molar-refractivity contribution in [2.75, 3.05) is 9.80 Å². The van der Waals surface area contributed by atoms with Gasteiger partial charge in [-0.1, -0.05) is 170 Å². The molecule has 0 spiro atoms. The fraction of sp³-hybridized carbons (Fsp3) is 0.0182. The Balaban J connectivity index is 1.14. The van der Waals surface area contributed by atoms with Crippen molar-refractivity contribution in [2.24, 2.45) is 0 Å². The van der Waals surface area contributed by atoms with Crippen molar-refractivity contribution in [2.45, 2.75) is 5.60 Å². The average molecular weight is 745 g/mol. The summed E-state index contributed by atoms with van der Waals surface area (Å²) in [6, 6.07) is 85.8. The lowest BCUT2D eigenvalue weighted by molar-refractivity contribution is 0.152. The van der Waals surface area contributed by atoms with E-state index in [0.29, 0.717) is 0 Å². The van der Waals surface area contributed by atoms with Crippen molar-refractivity contribution < 1.29 is 4.74 Å². The Labute approximate surface area is 340 Å². The summed E-state index contributed by atoms with van der Waals surface area (Å²) in [5.74, 6) is 0.823. The number of fused-ring (bicyclic) bond motifs is 3. The van der Waals surface area contributed by atoms with Crippen LogP contribution < -0.4 is 14.5 Å². The van der Waals surface area contributed by atoms with Gasteiger partial charge in [0.15, 0.2) is 5.60 Å². The van der Waals surface area contributed by atoms with E-state index >= 15 is 0 Å². The zero-order valence-electron chi connectivity index (χ0n) is 31.9. The molecule has 0 fully saturated rings. The molecule has 0 saturated heterocycles. The number of para-hydroxylation sites is 4. The third-order valence-corrected chi connectivity index (χ3v) is 11.1. The molecule has 3 nitrogen and oxygen atoms in total. The first kappa shape index (κ1) is 34.8. The molecular weight excluding hydrogens is 705 g/mol. The largest absolute Gasteiger partial charge is 0.472 e. The van der Waals surface area contributed by atoms with E-state index in [2.05, 4.69) is 252 Å². The SMILES string of the molecule is c1ccc(-c2ccccc2N(c2ccccc2)c2ccc(C3(c4ccccc4)Oc4cc(N(c5ccccc5)c5ccccc5)ccc4-c4ccccc43)cc2)cc1. The third kappa shape index (κ3) is 6.20. The van der Waals surface area contributed by atoms with Gasteiger partial charge in [-0.25, -0.2) is 0 Å². The van der Waals surface area contributed by atoms with Crippen molar-refractivity contribution in [1.29, 1.82) is 0 Å². The highest BCUT2D eigenvalue weighted by Gasteiger charge is 2.44. The van der Waals surface area contributed by atoms with E-state index in [1.54, 1.807) is 0 Å². The van der Waals surface area contributed by atoms with Gasteiger partial charge < -0.3 is 14.5 Å². The number of hydrogen-bond acceptors (Lipinski definition) is 3. The minimum Gasteiger partial charge on any atom is -0.472 e. The molecule has 276 valence electrons. The molecular formula is C55H40N2O. The van der Waals surface area contributed by atoms with Gasteiger partial charge in [-0.15, -0.1) is 0 Å². The molecule has 0 amide bonds. The van der Waals surface area contributed by atoms with Gasteiger partial charge in [0.2, 0.25) is 0 Å². The van der Waals surface area contributed by atoms with Crippen molar-refractivity contribution in [3.8, 4) is 28.0 Å². The minimum atomic E-state index is -0.939. The van der Waals surface area contributed by atoms with Gasteiger partial charge in [-0.05, 0) is 77.9 Å². The molecule has 0 N–H and O–H groups in total. The van der Waals surface area contributed by atoms with Crippen LogP contribution in [0.2, 0.25) is 0 Å². The van der Waals surface area contributed by atoms with Gasteiger partial charge in [0.25, 0.3) is 0 Å². The summed E-state index contributed by atoms with van der Waals surface area (Å²) < 4.78 is 7.59. The number of nitrogens with zero attached hydrogens (tertiary/aromatic N) is 2. The van der Waals surface area contributed by atoms with Crippen LogP contribution >= 0.6 is 0 Å². The first-order valence-corrected chi connectivity index (χ1v) is 19.8. The summed E-state index contributed by atoms with van der Waals surface area (Å²) in [7, 11) is 0. The summed E-state index contributed by atoms with van der Waals surface area (Å²) in [5, 5.41) is 0. The molecule has 1 unspecified atom stereocenters. The molecule has 58 heavy (non-hydrogen) atoms. The van der Waals surface area contributed by atoms with Crippen molar-refractivity contribution in [3.05, 3.63) is 259 Å². The van der Waals surface area contributed by atoms with E-state index in [1.165, 1.54) is 5.56 Å². The topological polar surface area (TPSA) is 15.7 Å². The van der Waals surface area contributed by atoms with Gasteiger partial charge >= 0.3 is 0 Å². The van der Waals surface area contributed by atoms with Crippen LogP contribution in [-0.4, -0.2) is 0 Å². The molecule has 1 aliphatic rings. The third-order valence-electron chi connectivity index (χ3n) is 11.1. The number of ether oxygens (including phenoxy) is 1. The summed E-state index contributed by atoms with van der Waals surface area (Å²) in [4.78, 5) is 4.63. The highest BCUT2D eigenvalue weighted by Crippen LogP contribution is 2.53. The summed E-state index contributed by atoms with van der Waals surface area (Å²) in [6.45, 7) is 0. The zero-order valence-corrected chi connectivity index (χ0v) is 31.9. The molecule has 1 heterocycles. The van der Waals surface area contributed by atoms with E-state index in [0.717, 1.165) is 73.3 Å². The van der Waals surface area contributed by atoms with E-state index in [9.17, 15) is 0 Å². The second-order valence-electron chi connectivity index (χ2n) is 14.5. The molecule has 9 aromatic carbocycles. The molecule has 0 bridgehead atoms. The van der Waals surface area contributed by atoms with Gasteiger partial charge in [0.05, 0.1) is 5.69 Å². The van der Waals surface area contributed by atoms with E-state index in [4.69, 9.17) is 4.74 Å². The molecule has 1 atom stereocenters. The van der Waals surface area contributed by atoms with Crippen LogP contribution in [0.4, 0.5) is 34.1 Å². The highest BCUT2D eigenvalue weighted by atomic mass is 16.5. The minimum absolute atomic E-state index is 0.823. The predicted molar refractivity (Wildman–Crippen MR) is 240 cm³/mol. The van der Waals surface area contributed by atoms with E-state index in [-0.39, 0.29) is 0 Å². The van der Waals surface area contributed by atoms with Crippen LogP contribution in [0.5, 0.6) is 5.75 Å². The Kier molecular flexibility index (Phi) is 9.09. The lowest BCUT2D eigenvalue weighted by atomic mass is 9.75. The molecule has 0 saturated carbocycles. The quantitative estimate of drug-likeness (QED) is 0.146. The van der Waals surface area contributed by atoms with Crippen LogP contribution in [0.25, 0.3) is 22.3 Å². The number of rotatable bonds is 9. The van der Waals surface area contributed by atoms with Crippen LogP contribution in [-0.2, 0) is 5.60 Å². The van der Waals surface area contributed by atoms with Crippen LogP contribution in [0.1, 0.15) is 16.7 Å². The molecule has 9 aromatic rings. The molecule has 3 heteroatoms. The van der Waals surface area contributed by atoms with Crippen LogP contribution in [0.15, 0.2) is 243 Å². The van der Waals surface area contributed by atoms with Crippen molar-refractivity contribution in [1.82, 2.24) is 0 Å². The van der Waals surface area contributed by atoms with Gasteiger partial charge in [-0.2, -0.15) is 0 Å². The van der Waals surface area contributed by atoms with Crippen LogP contribution in [0.3, 0.4) is 0 Å². The van der Waals surface area contributed by atoms with Crippen molar-refractivity contribution in [3.63, 3.8) is 0 Å². The van der Waals surface area contributed by atoms with Gasteiger partial charge in [-0.3, -0.25) is 0 Å². The predicted octanol–water partition coefficient (Wildman–Crippen LogP) is 14.6. The monoisotopic (exact) mass is 744 g/mol. The van der Waals surface area contributed by atoms with Crippen molar-refractivity contribution >= 4 is 34.1 Å². The second kappa shape index (κ2) is 15.1. The maximum atomic E-state index is 7.59. The molecule has 10 rings (SSSR count). The Hall–Kier alpha value is -7.62. The van der Waals surface area contributed by atoms with E-state index in [1.807, 2.05) is 0 Å². The fourth-order valence-corrected chi connectivity index (χ4v) is 8.45. The summed E-state index contributed by atoms with van der Waals surface area (Å²) >= 11 is 0. The zero-order chi connectivity index (χ0) is 38.7. The Bertz CT molecular complexity index is 2750. The summed E-state index contributed by atoms with van der Waals surface area (Å²) in [6.07, 6.45) is 0. The highest BCUT2D eigenvalue weighted by molar-refractivity contribution is 5.89. The van der Waals surface area contributed by atoms with E-state index < -0.39 is 5.60 Å². The second-order valence-corrected chi connectivity index (χ2v) is 14.5.